The maximum Gasteiger partial charge on any atom is 0.185 e. The molecule has 0 unspecified atom stereocenters. The second-order valence-electron chi connectivity index (χ2n) is 2.00. The van der Waals surface area contributed by atoms with Crippen molar-refractivity contribution in [1.29, 1.82) is 0 Å². The van der Waals surface area contributed by atoms with Crippen LogP contribution < -0.4 is 0 Å². The minimum Gasteiger partial charge on any atom is -0.388 e. The first-order valence-electron chi connectivity index (χ1n) is 2.76. The van der Waals surface area contributed by atoms with Gasteiger partial charge in [-0.2, -0.15) is 0 Å². The van der Waals surface area contributed by atoms with Crippen LogP contribution >= 0.6 is 0 Å². The van der Waals surface area contributed by atoms with E-state index in [1.165, 1.54) is 7.11 Å². The van der Waals surface area contributed by atoms with Crippen LogP contribution in [0.5, 0.6) is 0 Å². The minimum absolute atomic E-state index is 0.152. The molecule has 0 radical (unpaired) electrons. The van der Waals surface area contributed by atoms with Crippen LogP contribution in [0.1, 0.15) is 0 Å². The van der Waals surface area contributed by atoms with E-state index in [1.54, 1.807) is 0 Å². The summed E-state index contributed by atoms with van der Waals surface area (Å²) >= 11 is 0. The summed E-state index contributed by atoms with van der Waals surface area (Å²) in [5.74, 6) is 0. The molecule has 0 aliphatic carbocycles. The molecule has 0 bridgehead atoms. The number of rotatable bonds is 1. The lowest BCUT2D eigenvalue weighted by atomic mass is 10.2. The fraction of sp³-hybridized carbons (Fsp3) is 1.00. The maximum atomic E-state index is 8.96. The van der Waals surface area contributed by atoms with Crippen LogP contribution in [-0.2, 0) is 9.47 Å². The molecule has 0 aromatic heterocycles. The van der Waals surface area contributed by atoms with E-state index in [4.69, 9.17) is 14.9 Å². The van der Waals surface area contributed by atoms with Crippen molar-refractivity contribution < 1.29 is 19.7 Å². The van der Waals surface area contributed by atoms with Crippen molar-refractivity contribution in [2.24, 2.45) is 0 Å². The zero-order valence-corrected chi connectivity index (χ0v) is 5.15. The van der Waals surface area contributed by atoms with Gasteiger partial charge in [-0.25, -0.2) is 0 Å². The fourth-order valence-electron chi connectivity index (χ4n) is 0.779. The molecule has 3 atom stereocenters. The molecule has 9 heavy (non-hydrogen) atoms. The van der Waals surface area contributed by atoms with E-state index in [0.717, 1.165) is 0 Å². The van der Waals surface area contributed by atoms with Crippen LogP contribution in [0.25, 0.3) is 0 Å². The first-order valence-corrected chi connectivity index (χ1v) is 2.76. The van der Waals surface area contributed by atoms with Crippen molar-refractivity contribution in [2.75, 3.05) is 13.7 Å². The number of aliphatic hydroxyl groups is 2. The molecule has 54 valence electrons. The van der Waals surface area contributed by atoms with Crippen LogP contribution in [0.2, 0.25) is 0 Å². The molecule has 1 rings (SSSR count). The van der Waals surface area contributed by atoms with E-state index in [-0.39, 0.29) is 6.61 Å². The van der Waals surface area contributed by atoms with Crippen LogP contribution in [0, 0.1) is 0 Å². The SMILES string of the molecule is CO[C@@H]1OC[C@H](O)[C@H]1O. The molecule has 0 aromatic carbocycles. The summed E-state index contributed by atoms with van der Waals surface area (Å²) in [4.78, 5) is 0. The summed E-state index contributed by atoms with van der Waals surface area (Å²) in [6.45, 7) is 0.152. The van der Waals surface area contributed by atoms with Crippen molar-refractivity contribution >= 4 is 0 Å². The Morgan fingerprint density at radius 2 is 2.22 bits per heavy atom. The summed E-state index contributed by atoms with van der Waals surface area (Å²) < 4.78 is 9.47. The van der Waals surface area contributed by atoms with Crippen molar-refractivity contribution in [3.8, 4) is 0 Å². The summed E-state index contributed by atoms with van der Waals surface area (Å²) in [6, 6.07) is 0. The lowest BCUT2D eigenvalue weighted by Crippen LogP contribution is -2.30. The van der Waals surface area contributed by atoms with Gasteiger partial charge in [-0.15, -0.1) is 0 Å². The normalized spacial score (nSPS) is 43.7. The van der Waals surface area contributed by atoms with Gasteiger partial charge in [0.15, 0.2) is 6.29 Å². The first-order chi connectivity index (χ1) is 4.25. The van der Waals surface area contributed by atoms with Gasteiger partial charge in [0.25, 0.3) is 0 Å². The maximum absolute atomic E-state index is 8.96. The van der Waals surface area contributed by atoms with Gasteiger partial charge in [0.05, 0.1) is 6.61 Å². The summed E-state index contributed by atoms with van der Waals surface area (Å²) in [5, 5.41) is 17.8. The predicted octanol–water partition coefficient (Wildman–Crippen LogP) is -1.29. The van der Waals surface area contributed by atoms with Gasteiger partial charge in [0.1, 0.15) is 12.2 Å². The number of hydrogen-bond acceptors (Lipinski definition) is 4. The molecule has 0 aromatic rings. The Bertz CT molecular complexity index is 95.0. The van der Waals surface area contributed by atoms with Crippen molar-refractivity contribution in [3.63, 3.8) is 0 Å². The molecule has 1 fully saturated rings. The zero-order chi connectivity index (χ0) is 6.85. The third-order valence-electron chi connectivity index (χ3n) is 1.34. The van der Waals surface area contributed by atoms with Gasteiger partial charge in [-0.05, 0) is 0 Å². The topological polar surface area (TPSA) is 58.9 Å². The van der Waals surface area contributed by atoms with Crippen molar-refractivity contribution in [2.45, 2.75) is 18.5 Å². The van der Waals surface area contributed by atoms with E-state index >= 15 is 0 Å². The van der Waals surface area contributed by atoms with Gasteiger partial charge in [0, 0.05) is 7.11 Å². The Kier molecular flexibility index (Phi) is 2.02. The Balaban J connectivity index is 2.41. The highest BCUT2D eigenvalue weighted by Gasteiger charge is 2.34. The highest BCUT2D eigenvalue weighted by Crippen LogP contribution is 2.13. The van der Waals surface area contributed by atoms with Gasteiger partial charge < -0.3 is 19.7 Å². The molecule has 1 heterocycles. The van der Waals surface area contributed by atoms with Crippen molar-refractivity contribution in [1.82, 2.24) is 0 Å². The highest BCUT2D eigenvalue weighted by molar-refractivity contribution is 4.76. The molecule has 0 spiro atoms. The lowest BCUT2D eigenvalue weighted by Gasteiger charge is -2.11. The van der Waals surface area contributed by atoms with Gasteiger partial charge in [0.2, 0.25) is 0 Å². The van der Waals surface area contributed by atoms with Crippen LogP contribution in [0.4, 0.5) is 0 Å². The largest absolute Gasteiger partial charge is 0.388 e. The van der Waals surface area contributed by atoms with Crippen LogP contribution in [0.15, 0.2) is 0 Å². The Morgan fingerprint density at radius 1 is 1.56 bits per heavy atom. The van der Waals surface area contributed by atoms with E-state index in [2.05, 4.69) is 4.74 Å². The van der Waals surface area contributed by atoms with Gasteiger partial charge in [-0.1, -0.05) is 0 Å². The third-order valence-corrected chi connectivity index (χ3v) is 1.34. The minimum atomic E-state index is -0.894. The van der Waals surface area contributed by atoms with Crippen LogP contribution in [0.3, 0.4) is 0 Å². The standard InChI is InChI=1S/C5H10O4/c1-8-5-4(7)3(6)2-9-5/h3-7H,2H2,1H3/t3-,4+,5+/m0/s1. The third kappa shape index (κ3) is 1.21. The lowest BCUT2D eigenvalue weighted by molar-refractivity contribution is -0.134. The highest BCUT2D eigenvalue weighted by atomic mass is 16.7. The van der Waals surface area contributed by atoms with Gasteiger partial charge in [-0.3, -0.25) is 0 Å². The predicted molar refractivity (Wildman–Crippen MR) is 28.8 cm³/mol. The Morgan fingerprint density at radius 3 is 2.44 bits per heavy atom. The number of ether oxygens (including phenoxy) is 2. The zero-order valence-electron chi connectivity index (χ0n) is 5.15. The first kappa shape index (κ1) is 6.95. The quantitative estimate of drug-likeness (QED) is 0.468. The molecule has 0 saturated carbocycles. The molecule has 2 N–H and O–H groups in total. The Hall–Kier alpha value is -0.160. The number of hydrogen-bond donors (Lipinski definition) is 2. The van der Waals surface area contributed by atoms with E-state index in [1.807, 2.05) is 0 Å². The average molecular weight is 134 g/mol. The average Bonchev–Trinajstić information content (AvgIpc) is 2.15. The molecular formula is C5H10O4. The second kappa shape index (κ2) is 2.62. The summed E-state index contributed by atoms with van der Waals surface area (Å²) in [5.41, 5.74) is 0. The molecule has 1 aliphatic rings. The summed E-state index contributed by atoms with van der Waals surface area (Å²) in [6.07, 6.45) is -2.34. The second-order valence-corrected chi connectivity index (χ2v) is 2.00. The molecular weight excluding hydrogens is 124 g/mol. The number of methoxy groups -OCH3 is 1. The van der Waals surface area contributed by atoms with E-state index < -0.39 is 18.5 Å². The van der Waals surface area contributed by atoms with Gasteiger partial charge >= 0.3 is 0 Å². The molecule has 0 amide bonds. The van der Waals surface area contributed by atoms with E-state index in [0.29, 0.717) is 0 Å². The van der Waals surface area contributed by atoms with Crippen molar-refractivity contribution in [3.05, 3.63) is 0 Å². The van der Waals surface area contributed by atoms with Crippen LogP contribution in [-0.4, -0.2) is 42.4 Å². The number of aliphatic hydroxyl groups excluding tert-OH is 2. The smallest absolute Gasteiger partial charge is 0.185 e. The molecule has 1 saturated heterocycles. The molecule has 4 nitrogen and oxygen atoms in total. The molecule has 1 aliphatic heterocycles. The monoisotopic (exact) mass is 134 g/mol. The fourth-order valence-corrected chi connectivity index (χ4v) is 0.779. The molecule has 4 heteroatoms. The Labute approximate surface area is 53.0 Å². The van der Waals surface area contributed by atoms with E-state index in [9.17, 15) is 0 Å². The summed E-state index contributed by atoms with van der Waals surface area (Å²) in [7, 11) is 1.42.